The van der Waals surface area contributed by atoms with E-state index in [4.69, 9.17) is 0 Å². The summed E-state index contributed by atoms with van der Waals surface area (Å²) in [5.74, 6) is -0.0832. The molecule has 17 heavy (non-hydrogen) atoms. The molecule has 0 atom stereocenters. The van der Waals surface area contributed by atoms with Crippen LogP contribution in [0.4, 0.5) is 0 Å². The van der Waals surface area contributed by atoms with Crippen LogP contribution < -0.4 is 10.6 Å². The van der Waals surface area contributed by atoms with Crippen molar-refractivity contribution in [3.8, 4) is 0 Å². The fourth-order valence-electron chi connectivity index (χ4n) is 1.65. The number of carbonyl (C=O) groups excluding carboxylic acids is 1. The third-order valence-corrected chi connectivity index (χ3v) is 3.00. The van der Waals surface area contributed by atoms with E-state index >= 15 is 0 Å². The molecule has 0 aliphatic heterocycles. The molecule has 1 fully saturated rings. The normalized spacial score (nSPS) is 14.9. The van der Waals surface area contributed by atoms with E-state index in [1.807, 2.05) is 14.0 Å². The van der Waals surface area contributed by atoms with Gasteiger partial charge in [-0.25, -0.2) is 0 Å². The highest BCUT2D eigenvalue weighted by Crippen LogP contribution is 2.18. The lowest BCUT2D eigenvalue weighted by Crippen LogP contribution is -2.28. The van der Waals surface area contributed by atoms with Gasteiger partial charge < -0.3 is 10.6 Å². The highest BCUT2D eigenvalue weighted by atomic mass is 16.1. The second-order valence-electron chi connectivity index (χ2n) is 4.63. The molecule has 5 heteroatoms. The van der Waals surface area contributed by atoms with Crippen molar-refractivity contribution in [3.63, 3.8) is 0 Å². The van der Waals surface area contributed by atoms with Gasteiger partial charge in [-0.2, -0.15) is 5.10 Å². The molecule has 5 nitrogen and oxygen atoms in total. The van der Waals surface area contributed by atoms with Crippen LogP contribution in [-0.4, -0.2) is 34.8 Å². The Hall–Kier alpha value is -1.36. The van der Waals surface area contributed by atoms with Crippen molar-refractivity contribution in [3.05, 3.63) is 17.5 Å². The van der Waals surface area contributed by atoms with Gasteiger partial charge in [-0.15, -0.1) is 0 Å². The van der Waals surface area contributed by atoms with Crippen LogP contribution in [-0.2, 0) is 7.05 Å². The van der Waals surface area contributed by atoms with Crippen molar-refractivity contribution in [2.45, 2.75) is 32.2 Å². The van der Waals surface area contributed by atoms with E-state index in [2.05, 4.69) is 15.7 Å². The number of amides is 1. The van der Waals surface area contributed by atoms with E-state index in [0.29, 0.717) is 12.2 Å². The number of nitrogens with one attached hydrogen (secondary N) is 2. The Labute approximate surface area is 102 Å². The molecule has 1 amide bonds. The Balaban J connectivity index is 1.65. The Bertz CT molecular complexity index is 376. The molecule has 1 aliphatic carbocycles. The lowest BCUT2D eigenvalue weighted by molar-refractivity contribution is 0.0947. The summed E-state index contributed by atoms with van der Waals surface area (Å²) >= 11 is 0. The maximum atomic E-state index is 11.7. The first-order valence-corrected chi connectivity index (χ1v) is 6.19. The summed E-state index contributed by atoms with van der Waals surface area (Å²) in [5.41, 5.74) is 1.49. The van der Waals surface area contributed by atoms with Crippen LogP contribution >= 0.6 is 0 Å². The van der Waals surface area contributed by atoms with Crippen molar-refractivity contribution in [1.29, 1.82) is 0 Å². The third kappa shape index (κ3) is 3.56. The number of aryl methyl sites for hydroxylation is 2. The van der Waals surface area contributed by atoms with E-state index in [0.717, 1.165) is 24.7 Å². The summed E-state index contributed by atoms with van der Waals surface area (Å²) in [5, 5.41) is 10.4. The van der Waals surface area contributed by atoms with Crippen LogP contribution in [0.15, 0.2) is 6.07 Å². The van der Waals surface area contributed by atoms with Gasteiger partial charge in [-0.05, 0) is 38.8 Å². The predicted molar refractivity (Wildman–Crippen MR) is 65.9 cm³/mol. The fourth-order valence-corrected chi connectivity index (χ4v) is 1.65. The van der Waals surface area contributed by atoms with Crippen LogP contribution in [0.2, 0.25) is 0 Å². The van der Waals surface area contributed by atoms with Crippen LogP contribution in [0.5, 0.6) is 0 Å². The van der Waals surface area contributed by atoms with Gasteiger partial charge in [-0.3, -0.25) is 9.48 Å². The molecule has 0 spiro atoms. The monoisotopic (exact) mass is 236 g/mol. The molecule has 2 N–H and O–H groups in total. The van der Waals surface area contributed by atoms with E-state index in [9.17, 15) is 4.79 Å². The van der Waals surface area contributed by atoms with Gasteiger partial charge in [0.25, 0.3) is 5.91 Å². The molecular weight excluding hydrogens is 216 g/mol. The van der Waals surface area contributed by atoms with Crippen LogP contribution in [0.1, 0.15) is 35.4 Å². The zero-order valence-corrected chi connectivity index (χ0v) is 10.5. The number of nitrogens with zero attached hydrogens (tertiary/aromatic N) is 2. The molecule has 0 saturated heterocycles. The summed E-state index contributed by atoms with van der Waals surface area (Å²) < 4.78 is 1.71. The largest absolute Gasteiger partial charge is 0.351 e. The van der Waals surface area contributed by atoms with E-state index in [1.165, 1.54) is 12.8 Å². The number of hydrogen-bond donors (Lipinski definition) is 2. The van der Waals surface area contributed by atoms with Gasteiger partial charge in [0.2, 0.25) is 0 Å². The molecule has 1 aromatic heterocycles. The average Bonchev–Trinajstić information content (AvgIpc) is 3.05. The first kappa shape index (κ1) is 12.1. The Morgan fingerprint density at radius 3 is 2.88 bits per heavy atom. The average molecular weight is 236 g/mol. The molecule has 1 heterocycles. The third-order valence-electron chi connectivity index (χ3n) is 3.00. The van der Waals surface area contributed by atoms with Gasteiger partial charge in [0, 0.05) is 25.3 Å². The van der Waals surface area contributed by atoms with Gasteiger partial charge >= 0.3 is 0 Å². The number of rotatable bonds is 6. The fraction of sp³-hybridized carbons (Fsp3) is 0.667. The highest BCUT2D eigenvalue weighted by Gasteiger charge is 2.19. The van der Waals surface area contributed by atoms with Gasteiger partial charge in [0.15, 0.2) is 0 Å². The van der Waals surface area contributed by atoms with Gasteiger partial charge in [-0.1, -0.05) is 0 Å². The van der Waals surface area contributed by atoms with Gasteiger partial charge in [0.1, 0.15) is 5.69 Å². The van der Waals surface area contributed by atoms with Crippen molar-refractivity contribution < 1.29 is 4.79 Å². The summed E-state index contributed by atoms with van der Waals surface area (Å²) in [6, 6.07) is 2.54. The maximum Gasteiger partial charge on any atom is 0.271 e. The molecule has 0 unspecified atom stereocenters. The molecule has 94 valence electrons. The minimum absolute atomic E-state index is 0.0832. The molecule has 0 aromatic carbocycles. The Morgan fingerprint density at radius 2 is 2.29 bits per heavy atom. The van der Waals surface area contributed by atoms with E-state index in [-0.39, 0.29) is 5.91 Å². The summed E-state index contributed by atoms with van der Waals surface area (Å²) in [6.45, 7) is 3.61. The van der Waals surface area contributed by atoms with Crippen LogP contribution in [0.25, 0.3) is 0 Å². The van der Waals surface area contributed by atoms with Crippen LogP contribution in [0, 0.1) is 6.92 Å². The second-order valence-corrected chi connectivity index (χ2v) is 4.63. The quantitative estimate of drug-likeness (QED) is 0.711. The van der Waals surface area contributed by atoms with Crippen molar-refractivity contribution in [1.82, 2.24) is 20.4 Å². The number of carbonyl (C=O) groups is 1. The lowest BCUT2D eigenvalue weighted by Gasteiger charge is -2.04. The molecule has 0 bridgehead atoms. The first-order chi connectivity index (χ1) is 8.16. The minimum Gasteiger partial charge on any atom is -0.351 e. The zero-order valence-electron chi connectivity index (χ0n) is 10.5. The van der Waals surface area contributed by atoms with E-state index < -0.39 is 0 Å². The predicted octanol–water partition coefficient (Wildman–Crippen LogP) is 0.600. The van der Waals surface area contributed by atoms with Crippen molar-refractivity contribution in [2.75, 3.05) is 13.1 Å². The molecule has 2 rings (SSSR count). The molecule has 1 saturated carbocycles. The van der Waals surface area contributed by atoms with E-state index in [1.54, 1.807) is 10.7 Å². The molecule has 0 radical (unpaired) electrons. The second kappa shape index (κ2) is 5.31. The number of hydrogen-bond acceptors (Lipinski definition) is 3. The zero-order chi connectivity index (χ0) is 12.3. The minimum atomic E-state index is -0.0832. The summed E-state index contributed by atoms with van der Waals surface area (Å²) in [7, 11) is 1.84. The standard InChI is InChI=1S/C12H20N4O/c1-9-8-11(15-16(9)2)12(17)14-7-3-6-13-10-4-5-10/h8,10,13H,3-7H2,1-2H3,(H,14,17). The van der Waals surface area contributed by atoms with Gasteiger partial charge in [0.05, 0.1) is 0 Å². The lowest BCUT2D eigenvalue weighted by atomic mass is 10.3. The maximum absolute atomic E-state index is 11.7. The smallest absolute Gasteiger partial charge is 0.271 e. The Morgan fingerprint density at radius 1 is 1.53 bits per heavy atom. The van der Waals surface area contributed by atoms with Crippen molar-refractivity contribution in [2.24, 2.45) is 7.05 Å². The molecule has 1 aromatic rings. The topological polar surface area (TPSA) is 59.0 Å². The molecule has 1 aliphatic rings. The number of aromatic nitrogens is 2. The summed E-state index contributed by atoms with van der Waals surface area (Å²) in [6.07, 6.45) is 3.58. The first-order valence-electron chi connectivity index (χ1n) is 6.19. The Kier molecular flexibility index (Phi) is 3.78. The summed E-state index contributed by atoms with van der Waals surface area (Å²) in [4.78, 5) is 11.7. The van der Waals surface area contributed by atoms with Crippen LogP contribution in [0.3, 0.4) is 0 Å². The highest BCUT2D eigenvalue weighted by molar-refractivity contribution is 5.92. The SMILES string of the molecule is Cc1cc(C(=O)NCCCNC2CC2)nn1C. The van der Waals surface area contributed by atoms with Crippen molar-refractivity contribution >= 4 is 5.91 Å². The molecular formula is C12H20N4O.